The molecule has 0 spiro atoms. The maximum atomic E-state index is 13.5. The highest BCUT2D eigenvalue weighted by molar-refractivity contribution is 6.51. The third-order valence-electron chi connectivity index (χ3n) is 6.81. The molecule has 0 radical (unpaired) electrons. The number of benzene rings is 3. The van der Waals surface area contributed by atoms with Crippen LogP contribution in [-0.4, -0.2) is 36.5 Å². The molecule has 4 rings (SSSR count). The third-order valence-corrected chi connectivity index (χ3v) is 6.81. The quantitative estimate of drug-likeness (QED) is 0.228. The van der Waals surface area contributed by atoms with E-state index in [-0.39, 0.29) is 11.3 Å². The van der Waals surface area contributed by atoms with Crippen LogP contribution in [0.3, 0.4) is 0 Å². The maximum absolute atomic E-state index is 13.5. The lowest BCUT2D eigenvalue weighted by Crippen LogP contribution is -2.29. The molecule has 3 aromatic rings. The topological polar surface area (TPSA) is 70.1 Å². The van der Waals surface area contributed by atoms with Crippen molar-refractivity contribution in [3.8, 4) is 5.75 Å². The minimum absolute atomic E-state index is 0.0759. The summed E-state index contributed by atoms with van der Waals surface area (Å²) in [4.78, 5) is 30.6. The Morgan fingerprint density at radius 2 is 1.65 bits per heavy atom. The van der Waals surface area contributed by atoms with Crippen molar-refractivity contribution >= 4 is 28.8 Å². The molecule has 6 heteroatoms. The summed E-state index contributed by atoms with van der Waals surface area (Å²) in [5.74, 6) is -0.851. The van der Waals surface area contributed by atoms with Gasteiger partial charge in [0.1, 0.15) is 11.5 Å². The van der Waals surface area contributed by atoms with Gasteiger partial charge in [0, 0.05) is 30.0 Å². The Kier molecular flexibility index (Phi) is 7.67. The van der Waals surface area contributed by atoms with E-state index in [1.165, 1.54) is 4.90 Å². The van der Waals surface area contributed by atoms with Crippen molar-refractivity contribution in [3.63, 3.8) is 0 Å². The van der Waals surface area contributed by atoms with Crippen molar-refractivity contribution in [1.82, 2.24) is 0 Å². The standard InChI is InChI=1S/C31H34N2O4/c1-6-32(7-2)24-13-15-25(16-14-24)33-28(22-11-9-10-20(4)18-22)27(30(35)31(33)36)29(34)23-12-17-26(37-8-3)21(5)19-23/h9-19,28,34H,6-8H2,1-5H3/b29-27-. The molecule has 1 atom stereocenters. The summed E-state index contributed by atoms with van der Waals surface area (Å²) in [7, 11) is 0. The molecule has 1 amide bonds. The predicted octanol–water partition coefficient (Wildman–Crippen LogP) is 6.17. The summed E-state index contributed by atoms with van der Waals surface area (Å²) < 4.78 is 5.63. The number of aryl methyl sites for hydroxylation is 2. The summed E-state index contributed by atoms with van der Waals surface area (Å²) in [5, 5.41) is 11.4. The number of nitrogens with zero attached hydrogens (tertiary/aromatic N) is 2. The predicted molar refractivity (Wildman–Crippen MR) is 148 cm³/mol. The van der Waals surface area contributed by atoms with Gasteiger partial charge in [-0.25, -0.2) is 0 Å². The molecule has 0 bridgehead atoms. The summed E-state index contributed by atoms with van der Waals surface area (Å²) in [6, 6.07) is 19.9. The van der Waals surface area contributed by atoms with E-state index in [1.54, 1.807) is 18.2 Å². The fourth-order valence-corrected chi connectivity index (χ4v) is 4.94. The van der Waals surface area contributed by atoms with E-state index in [4.69, 9.17) is 4.74 Å². The first-order valence-corrected chi connectivity index (χ1v) is 12.8. The van der Waals surface area contributed by atoms with Crippen molar-refractivity contribution in [1.29, 1.82) is 0 Å². The van der Waals surface area contributed by atoms with Crippen LogP contribution >= 0.6 is 0 Å². The van der Waals surface area contributed by atoms with Crippen LogP contribution in [0.4, 0.5) is 11.4 Å². The Hall–Kier alpha value is -4.06. The number of carbonyl (C=O) groups excluding carboxylic acids is 2. The number of Topliss-reactive ketones (excluding diaryl/α,β-unsaturated/α-hetero) is 1. The van der Waals surface area contributed by atoms with Gasteiger partial charge in [-0.05, 0) is 88.2 Å². The molecular formula is C31H34N2O4. The minimum Gasteiger partial charge on any atom is -0.507 e. The van der Waals surface area contributed by atoms with Gasteiger partial charge in [-0.2, -0.15) is 0 Å². The highest BCUT2D eigenvalue weighted by atomic mass is 16.5. The van der Waals surface area contributed by atoms with Gasteiger partial charge < -0.3 is 14.7 Å². The van der Waals surface area contributed by atoms with E-state index < -0.39 is 17.7 Å². The summed E-state index contributed by atoms with van der Waals surface area (Å²) in [6.45, 7) is 12.2. The van der Waals surface area contributed by atoms with Crippen LogP contribution in [0.2, 0.25) is 0 Å². The van der Waals surface area contributed by atoms with Crippen LogP contribution < -0.4 is 14.5 Å². The molecule has 1 N–H and O–H groups in total. The van der Waals surface area contributed by atoms with Crippen molar-refractivity contribution in [2.75, 3.05) is 29.5 Å². The van der Waals surface area contributed by atoms with Gasteiger partial charge in [0.25, 0.3) is 11.7 Å². The molecule has 1 unspecified atom stereocenters. The lowest BCUT2D eigenvalue weighted by atomic mass is 9.94. The second kappa shape index (κ2) is 10.9. The van der Waals surface area contributed by atoms with Gasteiger partial charge >= 0.3 is 0 Å². The zero-order chi connectivity index (χ0) is 26.7. The molecule has 1 aliphatic heterocycles. The highest BCUT2D eigenvalue weighted by Gasteiger charge is 2.47. The SMILES string of the molecule is CCOc1ccc(/C(O)=C2/C(=O)C(=O)N(c3ccc(N(CC)CC)cc3)C2c2cccc(C)c2)cc1C. The molecule has 1 fully saturated rings. The number of aliphatic hydroxyl groups is 1. The number of ether oxygens (including phenoxy) is 1. The number of amides is 1. The molecule has 1 heterocycles. The van der Waals surface area contributed by atoms with E-state index in [0.717, 1.165) is 35.5 Å². The fraction of sp³-hybridized carbons (Fsp3) is 0.290. The average Bonchev–Trinajstić information content (AvgIpc) is 3.16. The zero-order valence-electron chi connectivity index (χ0n) is 22.1. The Labute approximate surface area is 218 Å². The lowest BCUT2D eigenvalue weighted by molar-refractivity contribution is -0.132. The number of aliphatic hydroxyl groups excluding tert-OH is 1. The van der Waals surface area contributed by atoms with Gasteiger partial charge in [0.05, 0.1) is 18.2 Å². The van der Waals surface area contributed by atoms with Crippen molar-refractivity contribution in [2.24, 2.45) is 0 Å². The van der Waals surface area contributed by atoms with Gasteiger partial charge in [-0.15, -0.1) is 0 Å². The smallest absolute Gasteiger partial charge is 0.300 e. The molecule has 1 saturated heterocycles. The maximum Gasteiger partial charge on any atom is 0.300 e. The molecule has 192 valence electrons. The summed E-state index contributed by atoms with van der Waals surface area (Å²) in [5.41, 5.74) is 4.78. The van der Waals surface area contributed by atoms with Gasteiger partial charge in [-0.3, -0.25) is 14.5 Å². The fourth-order valence-electron chi connectivity index (χ4n) is 4.94. The van der Waals surface area contributed by atoms with E-state index >= 15 is 0 Å². The van der Waals surface area contributed by atoms with Gasteiger partial charge in [-0.1, -0.05) is 29.8 Å². The molecule has 6 nitrogen and oxygen atoms in total. The molecule has 0 aliphatic carbocycles. The average molecular weight is 499 g/mol. The van der Waals surface area contributed by atoms with Crippen LogP contribution in [0.25, 0.3) is 5.76 Å². The first-order chi connectivity index (χ1) is 17.8. The van der Waals surface area contributed by atoms with Crippen LogP contribution in [0.5, 0.6) is 5.75 Å². The molecule has 0 saturated carbocycles. The lowest BCUT2D eigenvalue weighted by Gasteiger charge is -2.27. The Balaban J connectivity index is 1.86. The van der Waals surface area contributed by atoms with Gasteiger partial charge in [0.15, 0.2) is 0 Å². The number of anilines is 2. The zero-order valence-corrected chi connectivity index (χ0v) is 22.1. The third kappa shape index (κ3) is 4.96. The monoisotopic (exact) mass is 498 g/mol. The Bertz CT molecular complexity index is 1340. The second-order valence-corrected chi connectivity index (χ2v) is 9.19. The number of hydrogen-bond donors (Lipinski definition) is 1. The van der Waals surface area contributed by atoms with Crippen LogP contribution in [0.15, 0.2) is 72.3 Å². The summed E-state index contributed by atoms with van der Waals surface area (Å²) >= 11 is 0. The number of hydrogen-bond acceptors (Lipinski definition) is 5. The van der Waals surface area contributed by atoms with Crippen LogP contribution in [-0.2, 0) is 9.59 Å². The first kappa shape index (κ1) is 26.0. The number of ketones is 1. The van der Waals surface area contributed by atoms with E-state index in [9.17, 15) is 14.7 Å². The van der Waals surface area contributed by atoms with Crippen LogP contribution in [0.1, 0.15) is 49.1 Å². The van der Waals surface area contributed by atoms with Gasteiger partial charge in [0.2, 0.25) is 0 Å². The molecule has 1 aliphatic rings. The molecular weight excluding hydrogens is 464 g/mol. The number of rotatable bonds is 8. The first-order valence-electron chi connectivity index (χ1n) is 12.8. The molecule has 0 aromatic heterocycles. The Morgan fingerprint density at radius 1 is 0.946 bits per heavy atom. The van der Waals surface area contributed by atoms with Crippen molar-refractivity contribution < 1.29 is 19.4 Å². The number of carbonyl (C=O) groups is 2. The van der Waals surface area contributed by atoms with Crippen LogP contribution in [0, 0.1) is 13.8 Å². The molecule has 3 aromatic carbocycles. The largest absolute Gasteiger partial charge is 0.507 e. The van der Waals surface area contributed by atoms with E-state index in [1.807, 2.05) is 69.3 Å². The summed E-state index contributed by atoms with van der Waals surface area (Å²) in [6.07, 6.45) is 0. The van der Waals surface area contributed by atoms with Crippen molar-refractivity contribution in [3.05, 3.63) is 94.6 Å². The van der Waals surface area contributed by atoms with E-state index in [0.29, 0.717) is 23.6 Å². The molecule has 37 heavy (non-hydrogen) atoms. The van der Waals surface area contributed by atoms with E-state index in [2.05, 4.69) is 18.7 Å². The Morgan fingerprint density at radius 3 is 2.24 bits per heavy atom. The normalized spacial score (nSPS) is 16.8. The highest BCUT2D eigenvalue weighted by Crippen LogP contribution is 2.43. The second-order valence-electron chi connectivity index (χ2n) is 9.19. The minimum atomic E-state index is -0.758. The van der Waals surface area contributed by atoms with Crippen molar-refractivity contribution in [2.45, 2.75) is 40.7 Å².